The normalized spacial score (nSPS) is 13.6. The second-order valence-corrected chi connectivity index (χ2v) is 6.75. The number of allylic oxidation sites excluding steroid dienone is 2. The highest BCUT2D eigenvalue weighted by Gasteiger charge is 2.11. The van der Waals surface area contributed by atoms with Gasteiger partial charge in [0.2, 0.25) is 0 Å². The molecule has 0 atom stereocenters. The Kier molecular flexibility index (Phi) is 9.54. The molecule has 0 amide bonds. The number of nitrogens with two attached hydrogens (primary N) is 1. The van der Waals surface area contributed by atoms with Crippen molar-refractivity contribution in [1.82, 2.24) is 0 Å². The van der Waals surface area contributed by atoms with Crippen LogP contribution in [0.15, 0.2) is 75.9 Å². The number of anilines is 1. The molecule has 3 rings (SSSR count). The van der Waals surface area contributed by atoms with E-state index in [1.807, 2.05) is 24.3 Å². The molecule has 2 aromatic rings. The summed E-state index contributed by atoms with van der Waals surface area (Å²) in [4.78, 5) is 4.90. The van der Waals surface area contributed by atoms with E-state index >= 15 is 0 Å². The van der Waals surface area contributed by atoms with Crippen molar-refractivity contribution in [3.05, 3.63) is 83.0 Å². The quantitative estimate of drug-likeness (QED) is 0.384. The van der Waals surface area contributed by atoms with Gasteiger partial charge in [-0.05, 0) is 42.2 Å². The van der Waals surface area contributed by atoms with Gasteiger partial charge in [-0.15, -0.1) is 12.6 Å². The number of aliphatic imine (C=N–C) groups is 1. The minimum atomic E-state index is -0.263. The van der Waals surface area contributed by atoms with E-state index in [0.717, 1.165) is 12.0 Å². The first-order chi connectivity index (χ1) is 13.0. The van der Waals surface area contributed by atoms with Crippen molar-refractivity contribution in [2.75, 3.05) is 11.9 Å². The molecule has 1 aliphatic rings. The fraction of sp³-hybridized carbons (Fsp3) is 0.190. The second kappa shape index (κ2) is 11.4. The van der Waals surface area contributed by atoms with Gasteiger partial charge in [-0.3, -0.25) is 0 Å². The van der Waals surface area contributed by atoms with Crippen molar-refractivity contribution in [2.24, 2.45) is 10.7 Å². The van der Waals surface area contributed by atoms with Crippen LogP contribution < -0.4 is 11.1 Å². The molecule has 0 heterocycles. The predicted octanol–water partition coefficient (Wildman–Crippen LogP) is 3.85. The Balaban J connectivity index is 0. The van der Waals surface area contributed by atoms with Gasteiger partial charge in [0.05, 0.1) is 12.2 Å². The molecule has 29 heavy (non-hydrogen) atoms. The van der Waals surface area contributed by atoms with Gasteiger partial charge in [0.1, 0.15) is 11.6 Å². The average molecular weight is 426 g/mol. The number of rotatable bonds is 5. The Bertz CT molecular complexity index is 941. The molecule has 0 fully saturated rings. The maximum atomic E-state index is 14.0. The van der Waals surface area contributed by atoms with Crippen LogP contribution in [0.25, 0.3) is 0 Å². The highest BCUT2D eigenvalue weighted by atomic mass is 32.1. The maximum Gasteiger partial charge on any atom is 0.193 e. The van der Waals surface area contributed by atoms with Crippen LogP contribution in [-0.2, 0) is 6.42 Å². The third kappa shape index (κ3) is 6.42. The number of benzene rings is 2. The zero-order valence-corrected chi connectivity index (χ0v) is 16.6. The molecule has 7 N–H and O–H groups in total. The predicted molar refractivity (Wildman–Crippen MR) is 121 cm³/mol. The summed E-state index contributed by atoms with van der Waals surface area (Å²) >= 11 is 4.47. The van der Waals surface area contributed by atoms with Crippen molar-refractivity contribution in [1.29, 1.82) is 0 Å². The standard InChI is InChI=1S/C21H21F2N3S.2H2O.2H2/c22-17-9-3-1-6-14(17)12-15-8-5-11-19(27)20(15)26-21(24)25-13-16-7-2-4-10-18(16)23;;;;/h1,3,5-11,27H,2,4,12-13H2,(H3,24,25,26);2*1H2;2*1H. The van der Waals surface area contributed by atoms with Gasteiger partial charge in [-0.2, -0.15) is 0 Å². The molecule has 0 radical (unpaired) electrons. The first kappa shape index (κ1) is 24.4. The van der Waals surface area contributed by atoms with E-state index in [1.165, 1.54) is 6.07 Å². The first-order valence-electron chi connectivity index (χ1n) is 8.71. The monoisotopic (exact) mass is 425 g/mol. The van der Waals surface area contributed by atoms with E-state index in [2.05, 4.69) is 22.9 Å². The largest absolute Gasteiger partial charge is 0.412 e. The highest BCUT2D eigenvalue weighted by molar-refractivity contribution is 7.80. The molecular weight excluding hydrogens is 396 g/mol. The molecule has 8 heteroatoms. The third-order valence-electron chi connectivity index (χ3n) is 4.33. The minimum Gasteiger partial charge on any atom is -0.412 e. The van der Waals surface area contributed by atoms with E-state index in [4.69, 9.17) is 5.73 Å². The third-order valence-corrected chi connectivity index (χ3v) is 4.70. The zero-order chi connectivity index (χ0) is 19.2. The SMILES string of the molecule is NC(=NCC1=CCCC=C1F)Nc1c(S)cccc1Cc1ccccc1F.O.O.[HH].[HH]. The molecule has 0 bridgehead atoms. The van der Waals surface area contributed by atoms with E-state index in [0.29, 0.717) is 34.6 Å². The van der Waals surface area contributed by atoms with E-state index in [-0.39, 0.29) is 38.0 Å². The molecule has 0 spiro atoms. The molecule has 5 nitrogen and oxygen atoms in total. The lowest BCUT2D eigenvalue weighted by Gasteiger charge is -2.15. The number of para-hydroxylation sites is 1. The van der Waals surface area contributed by atoms with E-state index in [9.17, 15) is 8.78 Å². The van der Waals surface area contributed by atoms with Gasteiger partial charge >= 0.3 is 0 Å². The molecule has 0 unspecified atom stereocenters. The molecule has 1 aliphatic carbocycles. The Morgan fingerprint density at radius 2 is 1.72 bits per heavy atom. The first-order valence-corrected chi connectivity index (χ1v) is 9.15. The minimum absolute atomic E-state index is 0. The Morgan fingerprint density at radius 3 is 2.45 bits per heavy atom. The number of thiol groups is 1. The number of nitrogens with zero attached hydrogens (tertiary/aromatic N) is 1. The van der Waals surface area contributed by atoms with Crippen LogP contribution in [0, 0.1) is 5.82 Å². The Labute approximate surface area is 177 Å². The van der Waals surface area contributed by atoms with Crippen LogP contribution >= 0.6 is 12.6 Å². The van der Waals surface area contributed by atoms with Crippen LogP contribution in [-0.4, -0.2) is 23.5 Å². The number of halogens is 2. The van der Waals surface area contributed by atoms with Gasteiger partial charge < -0.3 is 22.0 Å². The van der Waals surface area contributed by atoms with Crippen LogP contribution in [0.4, 0.5) is 14.5 Å². The van der Waals surface area contributed by atoms with Gasteiger partial charge in [0.25, 0.3) is 0 Å². The summed E-state index contributed by atoms with van der Waals surface area (Å²) in [5.74, 6) is -0.348. The van der Waals surface area contributed by atoms with E-state index < -0.39 is 0 Å². The summed E-state index contributed by atoms with van der Waals surface area (Å²) in [5.41, 5.74) is 8.62. The number of hydrogen-bond donors (Lipinski definition) is 3. The van der Waals surface area contributed by atoms with Gasteiger partial charge in [0.15, 0.2) is 5.96 Å². The molecule has 160 valence electrons. The lowest BCUT2D eigenvalue weighted by molar-refractivity contribution is 0.614. The van der Waals surface area contributed by atoms with Crippen molar-refractivity contribution in [3.8, 4) is 0 Å². The summed E-state index contributed by atoms with van der Waals surface area (Å²) in [5, 5.41) is 3.03. The van der Waals surface area contributed by atoms with Crippen LogP contribution in [0.2, 0.25) is 0 Å². The number of hydrogen-bond acceptors (Lipinski definition) is 2. The van der Waals surface area contributed by atoms with Crippen molar-refractivity contribution >= 4 is 24.3 Å². The Hall–Kier alpha value is -2.68. The van der Waals surface area contributed by atoms with E-state index in [1.54, 1.807) is 24.3 Å². The lowest BCUT2D eigenvalue weighted by Crippen LogP contribution is -2.24. The molecular formula is C21H29F2N3O2S. The van der Waals surface area contributed by atoms with Crippen molar-refractivity contribution < 1.29 is 22.6 Å². The van der Waals surface area contributed by atoms with Crippen LogP contribution in [0.3, 0.4) is 0 Å². The number of nitrogens with one attached hydrogen (secondary N) is 1. The molecule has 0 aliphatic heterocycles. The van der Waals surface area contributed by atoms with Crippen LogP contribution in [0.5, 0.6) is 0 Å². The van der Waals surface area contributed by atoms with Gasteiger partial charge in [-0.25, -0.2) is 13.8 Å². The molecule has 0 saturated carbocycles. The average Bonchev–Trinajstić information content (AvgIpc) is 2.66. The van der Waals surface area contributed by atoms with Gasteiger partial charge in [-0.1, -0.05) is 36.4 Å². The second-order valence-electron chi connectivity index (χ2n) is 6.26. The summed E-state index contributed by atoms with van der Waals surface area (Å²) in [7, 11) is 0. The lowest BCUT2D eigenvalue weighted by atomic mass is 10.0. The fourth-order valence-corrected chi connectivity index (χ4v) is 3.18. The summed E-state index contributed by atoms with van der Waals surface area (Å²) < 4.78 is 27.7. The Morgan fingerprint density at radius 1 is 1.03 bits per heavy atom. The van der Waals surface area contributed by atoms with Crippen LogP contribution in [0.1, 0.15) is 26.8 Å². The smallest absolute Gasteiger partial charge is 0.193 e. The fourth-order valence-electron chi connectivity index (χ4n) is 2.90. The highest BCUT2D eigenvalue weighted by Crippen LogP contribution is 2.27. The topological polar surface area (TPSA) is 113 Å². The molecule has 2 aromatic carbocycles. The summed E-state index contributed by atoms with van der Waals surface area (Å²) in [6.07, 6.45) is 5.29. The van der Waals surface area contributed by atoms with Crippen molar-refractivity contribution in [2.45, 2.75) is 24.2 Å². The molecule has 0 aromatic heterocycles. The number of guanidine groups is 1. The summed E-state index contributed by atoms with van der Waals surface area (Å²) in [6, 6.07) is 12.2. The molecule has 0 saturated heterocycles. The maximum absolute atomic E-state index is 14.0. The van der Waals surface area contributed by atoms with Gasteiger partial charge in [0, 0.05) is 19.7 Å². The summed E-state index contributed by atoms with van der Waals surface area (Å²) in [6.45, 7) is 0.165. The van der Waals surface area contributed by atoms with Crippen molar-refractivity contribution in [3.63, 3.8) is 0 Å². The zero-order valence-electron chi connectivity index (χ0n) is 15.8.